The minimum atomic E-state index is 0.0334. The van der Waals surface area contributed by atoms with E-state index >= 15 is 0 Å². The maximum atomic E-state index is 12.8. The van der Waals surface area contributed by atoms with Gasteiger partial charge >= 0.3 is 5.97 Å². The summed E-state index contributed by atoms with van der Waals surface area (Å²) in [6.07, 6.45) is 39.3. The summed E-state index contributed by atoms with van der Waals surface area (Å²) in [4.78, 5) is 12.8. The molecule has 46 heavy (non-hydrogen) atoms. The Morgan fingerprint density at radius 1 is 0.870 bits per heavy atom. The zero-order valence-electron chi connectivity index (χ0n) is 30.9. The molecule has 0 saturated heterocycles. The van der Waals surface area contributed by atoms with Gasteiger partial charge in [0.25, 0.3) is 0 Å². The molecule has 4 aliphatic rings. The van der Waals surface area contributed by atoms with Crippen molar-refractivity contribution in [2.75, 3.05) is 0 Å². The summed E-state index contributed by atoms with van der Waals surface area (Å²) < 4.78 is 6.10. The molecule has 9 atom stereocenters. The monoisotopic (exact) mass is 631 g/mol. The molecule has 0 heterocycles. The smallest absolute Gasteiger partial charge is 0.306 e. The lowest BCUT2D eigenvalue weighted by atomic mass is 9.47. The zero-order valence-corrected chi connectivity index (χ0v) is 30.9. The Morgan fingerprint density at radius 2 is 1.61 bits per heavy atom. The van der Waals surface area contributed by atoms with Crippen LogP contribution in [0.1, 0.15) is 151 Å². The fraction of sp³-hybridized carbons (Fsp3) is 0.750. The number of esters is 1. The number of hydrogen-bond acceptors (Lipinski definition) is 2. The standard InChI is InChI=1S/C44H70O2/c1-8-9-10-11-12-13-14-15-16-17-18-19-20-21-42(45)46-37-28-30-43(6)36(32-37)24-25-38-40-27-26-39(44(40,7)31-29-41(38)43)35(5)23-22-34(4)33(2)3/h9-14,22-24,33-35,37-41H,8,15-21,25-32H2,1-7H3/b10-9+,12-11+,14-13-,23-22+. The van der Waals surface area contributed by atoms with Gasteiger partial charge in [0.2, 0.25) is 0 Å². The summed E-state index contributed by atoms with van der Waals surface area (Å²) in [6.45, 7) is 17.0. The van der Waals surface area contributed by atoms with Gasteiger partial charge in [0.05, 0.1) is 0 Å². The summed E-state index contributed by atoms with van der Waals surface area (Å²) in [6, 6.07) is 0. The first-order valence-corrected chi connectivity index (χ1v) is 19.7. The second-order valence-corrected chi connectivity index (χ2v) is 16.6. The Balaban J connectivity index is 1.19. The third-order valence-corrected chi connectivity index (χ3v) is 13.4. The fourth-order valence-electron chi connectivity index (χ4n) is 10.2. The topological polar surface area (TPSA) is 26.3 Å². The first kappa shape index (κ1) is 37.0. The lowest BCUT2D eigenvalue weighted by Gasteiger charge is -2.58. The van der Waals surface area contributed by atoms with Crippen molar-refractivity contribution in [1.82, 2.24) is 0 Å². The van der Waals surface area contributed by atoms with Gasteiger partial charge in [0, 0.05) is 12.8 Å². The number of ether oxygens (including phenoxy) is 1. The Hall–Kier alpha value is -1.83. The molecule has 0 spiro atoms. The molecule has 2 heteroatoms. The van der Waals surface area contributed by atoms with Crippen molar-refractivity contribution in [3.05, 3.63) is 60.3 Å². The number of rotatable bonds is 16. The van der Waals surface area contributed by atoms with Crippen LogP contribution in [-0.2, 0) is 9.53 Å². The second kappa shape index (κ2) is 17.5. The molecular weight excluding hydrogens is 560 g/mol. The van der Waals surface area contributed by atoms with Gasteiger partial charge in [-0.2, -0.15) is 0 Å². The van der Waals surface area contributed by atoms with Crippen molar-refractivity contribution < 1.29 is 9.53 Å². The third kappa shape index (κ3) is 9.19. The van der Waals surface area contributed by atoms with E-state index < -0.39 is 0 Å². The molecule has 4 rings (SSSR count). The van der Waals surface area contributed by atoms with Crippen LogP contribution < -0.4 is 0 Å². The zero-order chi connectivity index (χ0) is 33.2. The van der Waals surface area contributed by atoms with Gasteiger partial charge in [0.1, 0.15) is 6.10 Å². The van der Waals surface area contributed by atoms with Gasteiger partial charge in [-0.1, -0.05) is 128 Å². The highest BCUT2D eigenvalue weighted by Gasteiger charge is 2.59. The van der Waals surface area contributed by atoms with Crippen LogP contribution in [0.5, 0.6) is 0 Å². The van der Waals surface area contributed by atoms with Crippen molar-refractivity contribution >= 4 is 5.97 Å². The van der Waals surface area contributed by atoms with E-state index in [-0.39, 0.29) is 12.1 Å². The number of hydrogen-bond donors (Lipinski definition) is 0. The highest BCUT2D eigenvalue weighted by molar-refractivity contribution is 5.69. The molecule has 3 fully saturated rings. The van der Waals surface area contributed by atoms with E-state index in [2.05, 4.69) is 103 Å². The van der Waals surface area contributed by atoms with E-state index in [9.17, 15) is 4.79 Å². The highest BCUT2D eigenvalue weighted by atomic mass is 16.5. The Labute approximate surface area is 284 Å². The van der Waals surface area contributed by atoms with Crippen LogP contribution >= 0.6 is 0 Å². The van der Waals surface area contributed by atoms with Gasteiger partial charge in [-0.15, -0.1) is 0 Å². The molecule has 0 aromatic rings. The van der Waals surface area contributed by atoms with E-state index in [0.29, 0.717) is 35.0 Å². The van der Waals surface area contributed by atoms with E-state index in [1.54, 1.807) is 5.57 Å². The summed E-state index contributed by atoms with van der Waals surface area (Å²) in [5.41, 5.74) is 2.42. The average molecular weight is 631 g/mol. The van der Waals surface area contributed by atoms with Crippen molar-refractivity contribution in [3.63, 3.8) is 0 Å². The Bertz CT molecular complexity index is 1100. The molecule has 0 bridgehead atoms. The van der Waals surface area contributed by atoms with E-state index in [0.717, 1.165) is 62.2 Å². The average Bonchev–Trinajstić information content (AvgIpc) is 3.39. The summed E-state index contributed by atoms with van der Waals surface area (Å²) in [7, 11) is 0. The first-order chi connectivity index (χ1) is 22.1. The molecular formula is C44H70O2. The maximum Gasteiger partial charge on any atom is 0.306 e. The number of unbranched alkanes of at least 4 members (excludes halogenated alkanes) is 5. The quantitative estimate of drug-likeness (QED) is 0.0734. The predicted molar refractivity (Wildman–Crippen MR) is 197 cm³/mol. The van der Waals surface area contributed by atoms with Crippen molar-refractivity contribution in [2.45, 2.75) is 157 Å². The Kier molecular flexibility index (Phi) is 14.1. The molecule has 2 nitrogen and oxygen atoms in total. The van der Waals surface area contributed by atoms with Crippen molar-refractivity contribution in [3.8, 4) is 0 Å². The van der Waals surface area contributed by atoms with Crippen LogP contribution in [-0.4, -0.2) is 12.1 Å². The first-order valence-electron chi connectivity index (χ1n) is 19.7. The second-order valence-electron chi connectivity index (χ2n) is 16.6. The number of carbonyl (C=O) groups is 1. The summed E-state index contributed by atoms with van der Waals surface area (Å²) in [5, 5.41) is 0. The Morgan fingerprint density at radius 3 is 2.37 bits per heavy atom. The maximum absolute atomic E-state index is 12.8. The van der Waals surface area contributed by atoms with Crippen LogP contribution in [0.2, 0.25) is 0 Å². The molecule has 4 aliphatic carbocycles. The van der Waals surface area contributed by atoms with Crippen LogP contribution in [0.4, 0.5) is 0 Å². The van der Waals surface area contributed by atoms with Gasteiger partial charge in [-0.05, 0) is 123 Å². The number of fused-ring (bicyclic) bond motifs is 5. The molecule has 0 radical (unpaired) electrons. The summed E-state index contributed by atoms with van der Waals surface area (Å²) in [5.74, 6) is 5.42. The molecule has 9 unspecified atom stereocenters. The molecule has 0 amide bonds. The SMILES string of the molecule is CC/C=C/C=C/C=C\CCCCCCCC(=O)OC1CCC2(C)C(=CCC3C2CCC2(C)C(C(C)/C=C/C(C)C(C)C)CCC32)C1. The van der Waals surface area contributed by atoms with Gasteiger partial charge in [0.15, 0.2) is 0 Å². The molecule has 258 valence electrons. The number of allylic oxidation sites excluding steroid dienone is 9. The van der Waals surface area contributed by atoms with Crippen molar-refractivity contribution in [1.29, 1.82) is 0 Å². The van der Waals surface area contributed by atoms with Gasteiger partial charge < -0.3 is 4.74 Å². The fourth-order valence-corrected chi connectivity index (χ4v) is 10.2. The number of carbonyl (C=O) groups excluding carboxylic acids is 1. The van der Waals surface area contributed by atoms with E-state index in [4.69, 9.17) is 4.74 Å². The van der Waals surface area contributed by atoms with Gasteiger partial charge in [-0.3, -0.25) is 4.79 Å². The molecule has 0 aliphatic heterocycles. The lowest BCUT2D eigenvalue weighted by molar-refractivity contribution is -0.151. The van der Waals surface area contributed by atoms with E-state index in [1.165, 1.54) is 57.8 Å². The van der Waals surface area contributed by atoms with Crippen molar-refractivity contribution in [2.24, 2.45) is 52.3 Å². The normalized spacial score (nSPS) is 34.3. The molecule has 0 aromatic heterocycles. The summed E-state index contributed by atoms with van der Waals surface area (Å²) >= 11 is 0. The molecule has 0 N–H and O–H groups in total. The highest BCUT2D eigenvalue weighted by Crippen LogP contribution is 2.67. The molecule has 3 saturated carbocycles. The van der Waals surface area contributed by atoms with Crippen LogP contribution in [0.3, 0.4) is 0 Å². The minimum absolute atomic E-state index is 0.0334. The minimum Gasteiger partial charge on any atom is -0.462 e. The lowest BCUT2D eigenvalue weighted by Crippen LogP contribution is -2.51. The largest absolute Gasteiger partial charge is 0.462 e. The van der Waals surface area contributed by atoms with Gasteiger partial charge in [-0.25, -0.2) is 0 Å². The van der Waals surface area contributed by atoms with Crippen LogP contribution in [0.25, 0.3) is 0 Å². The molecule has 0 aromatic carbocycles. The van der Waals surface area contributed by atoms with Crippen LogP contribution in [0, 0.1) is 52.3 Å². The van der Waals surface area contributed by atoms with Crippen LogP contribution in [0.15, 0.2) is 60.3 Å². The third-order valence-electron chi connectivity index (χ3n) is 13.4. The predicted octanol–water partition coefficient (Wildman–Crippen LogP) is 12.8. The van der Waals surface area contributed by atoms with E-state index in [1.807, 2.05) is 0 Å².